The molecule has 7 heteroatoms. The van der Waals surface area contributed by atoms with Crippen molar-refractivity contribution in [2.24, 2.45) is 0 Å². The first-order valence-electron chi connectivity index (χ1n) is 7.87. The summed E-state index contributed by atoms with van der Waals surface area (Å²) in [6.07, 6.45) is 0. The molecule has 3 rings (SSSR count). The largest absolute Gasteiger partial charge is 0.379 e. The predicted molar refractivity (Wildman–Crippen MR) is 82.0 cm³/mol. The molecule has 2 aliphatic rings. The minimum absolute atomic E-state index is 0.274. The van der Waals surface area contributed by atoms with Crippen molar-refractivity contribution in [1.29, 1.82) is 0 Å². The Morgan fingerprint density at radius 1 is 0.957 bits per heavy atom. The van der Waals surface area contributed by atoms with Crippen LogP contribution in [0.15, 0.2) is 30.3 Å². The van der Waals surface area contributed by atoms with Gasteiger partial charge in [-0.2, -0.15) is 4.89 Å². The van der Waals surface area contributed by atoms with E-state index < -0.39 is 5.85 Å². The highest BCUT2D eigenvalue weighted by Crippen LogP contribution is 2.28. The third-order valence-electron chi connectivity index (χ3n) is 4.34. The van der Waals surface area contributed by atoms with E-state index >= 15 is 0 Å². The number of rotatable bonds is 5. The van der Waals surface area contributed by atoms with Crippen molar-refractivity contribution >= 4 is 5.78 Å². The van der Waals surface area contributed by atoms with E-state index in [1.807, 2.05) is 15.9 Å². The van der Waals surface area contributed by atoms with Crippen LogP contribution in [0.5, 0.6) is 0 Å². The number of benzene rings is 1. The lowest BCUT2D eigenvalue weighted by atomic mass is 10.0. The monoisotopic (exact) mass is 322 g/mol. The molecule has 7 nitrogen and oxygen atoms in total. The molecule has 23 heavy (non-hydrogen) atoms. The molecular weight excluding hydrogens is 300 g/mol. The van der Waals surface area contributed by atoms with E-state index in [1.165, 1.54) is 0 Å². The van der Waals surface area contributed by atoms with Gasteiger partial charge in [0, 0.05) is 31.7 Å². The Kier molecular flexibility index (Phi) is 5.37. The maximum atomic E-state index is 13.2. The van der Waals surface area contributed by atoms with Gasteiger partial charge < -0.3 is 9.47 Å². The summed E-state index contributed by atoms with van der Waals surface area (Å²) >= 11 is 0. The van der Waals surface area contributed by atoms with Gasteiger partial charge in [-0.05, 0) is 0 Å². The van der Waals surface area contributed by atoms with Crippen LogP contribution in [0.2, 0.25) is 0 Å². The first kappa shape index (κ1) is 16.5. The second-order valence-electron chi connectivity index (χ2n) is 5.59. The average Bonchev–Trinajstić information content (AvgIpc) is 2.65. The maximum absolute atomic E-state index is 13.2. The van der Waals surface area contributed by atoms with Crippen molar-refractivity contribution in [3.05, 3.63) is 35.9 Å². The highest BCUT2D eigenvalue weighted by atomic mass is 17.1. The normalized spacial score (nSPS) is 21.3. The van der Waals surface area contributed by atoms with Crippen LogP contribution in [0, 0.1) is 0 Å². The molecule has 2 aliphatic heterocycles. The molecule has 0 unspecified atom stereocenters. The van der Waals surface area contributed by atoms with Crippen LogP contribution in [0.25, 0.3) is 0 Å². The minimum atomic E-state index is -1.53. The third-order valence-corrected chi connectivity index (χ3v) is 4.34. The van der Waals surface area contributed by atoms with Crippen molar-refractivity contribution in [2.75, 3.05) is 52.6 Å². The van der Waals surface area contributed by atoms with Crippen molar-refractivity contribution in [3.8, 4) is 0 Å². The number of Topliss-reactive ketones (excluding diaryl/α,β-unsaturated/α-hetero) is 1. The van der Waals surface area contributed by atoms with E-state index in [4.69, 9.17) is 14.4 Å². The number of hydrogen-bond donors (Lipinski definition) is 1. The van der Waals surface area contributed by atoms with Gasteiger partial charge >= 0.3 is 0 Å². The van der Waals surface area contributed by atoms with E-state index in [0.717, 1.165) is 0 Å². The van der Waals surface area contributed by atoms with Gasteiger partial charge in [0.1, 0.15) is 0 Å². The zero-order chi connectivity index (χ0) is 16.1. The van der Waals surface area contributed by atoms with Gasteiger partial charge in [-0.15, -0.1) is 0 Å². The second-order valence-corrected chi connectivity index (χ2v) is 5.59. The van der Waals surface area contributed by atoms with E-state index in [1.54, 1.807) is 24.3 Å². The van der Waals surface area contributed by atoms with E-state index in [-0.39, 0.29) is 5.78 Å². The Morgan fingerprint density at radius 3 is 1.87 bits per heavy atom. The molecule has 1 aromatic rings. The average molecular weight is 322 g/mol. The molecular formula is C16H22N2O5. The van der Waals surface area contributed by atoms with Crippen LogP contribution in [-0.4, -0.2) is 79.3 Å². The summed E-state index contributed by atoms with van der Waals surface area (Å²) in [7, 11) is 0. The highest BCUT2D eigenvalue weighted by Gasteiger charge is 2.52. The van der Waals surface area contributed by atoms with E-state index in [0.29, 0.717) is 58.2 Å². The minimum Gasteiger partial charge on any atom is -0.379 e. The molecule has 0 aliphatic carbocycles. The number of hydrogen-bond acceptors (Lipinski definition) is 7. The van der Waals surface area contributed by atoms with Gasteiger partial charge in [-0.3, -0.25) is 4.79 Å². The van der Waals surface area contributed by atoms with Gasteiger partial charge in [0.15, 0.2) is 0 Å². The molecule has 0 bridgehead atoms. The zero-order valence-electron chi connectivity index (χ0n) is 13.0. The molecule has 0 atom stereocenters. The van der Waals surface area contributed by atoms with Crippen LogP contribution in [-0.2, 0) is 14.4 Å². The fraction of sp³-hybridized carbons (Fsp3) is 0.562. The topological polar surface area (TPSA) is 71.5 Å². The first-order valence-corrected chi connectivity index (χ1v) is 7.87. The number of morpholine rings is 2. The molecule has 0 radical (unpaired) electrons. The number of carbonyl (C=O) groups is 1. The van der Waals surface area contributed by atoms with Gasteiger partial charge in [0.2, 0.25) is 5.78 Å². The van der Waals surface area contributed by atoms with Gasteiger partial charge in [-0.1, -0.05) is 30.3 Å². The third kappa shape index (κ3) is 3.16. The van der Waals surface area contributed by atoms with Crippen molar-refractivity contribution in [2.45, 2.75) is 5.85 Å². The fourth-order valence-electron chi connectivity index (χ4n) is 3.15. The predicted octanol–water partition coefficient (Wildman–Crippen LogP) is 0.677. The summed E-state index contributed by atoms with van der Waals surface area (Å²) in [5, 5.41) is 9.83. The van der Waals surface area contributed by atoms with Crippen LogP contribution < -0.4 is 0 Å². The molecule has 1 aromatic carbocycles. The van der Waals surface area contributed by atoms with Crippen LogP contribution in [0.4, 0.5) is 0 Å². The fourth-order valence-corrected chi connectivity index (χ4v) is 3.15. The summed E-state index contributed by atoms with van der Waals surface area (Å²) in [4.78, 5) is 21.9. The maximum Gasteiger partial charge on any atom is 0.277 e. The Labute approximate surface area is 135 Å². The summed E-state index contributed by atoms with van der Waals surface area (Å²) < 4.78 is 10.8. The summed E-state index contributed by atoms with van der Waals surface area (Å²) in [6.45, 7) is 4.03. The van der Waals surface area contributed by atoms with E-state index in [9.17, 15) is 10.1 Å². The van der Waals surface area contributed by atoms with Gasteiger partial charge in [-0.25, -0.2) is 15.1 Å². The van der Waals surface area contributed by atoms with Gasteiger partial charge in [0.05, 0.1) is 26.4 Å². The molecule has 0 spiro atoms. The second kappa shape index (κ2) is 7.48. The van der Waals surface area contributed by atoms with Crippen LogP contribution in [0.1, 0.15) is 10.4 Å². The quantitative estimate of drug-likeness (QED) is 0.485. The highest BCUT2D eigenvalue weighted by molar-refractivity contribution is 6.01. The van der Waals surface area contributed by atoms with Crippen molar-refractivity contribution in [3.63, 3.8) is 0 Å². The molecule has 0 aromatic heterocycles. The molecule has 2 saturated heterocycles. The smallest absolute Gasteiger partial charge is 0.277 e. The molecule has 2 fully saturated rings. The Morgan fingerprint density at radius 2 is 1.43 bits per heavy atom. The first-order chi connectivity index (χ1) is 11.3. The lowest BCUT2D eigenvalue weighted by molar-refractivity contribution is -0.393. The lowest BCUT2D eigenvalue weighted by Crippen LogP contribution is -2.70. The molecule has 0 amide bonds. The Bertz CT molecular complexity index is 494. The molecule has 126 valence electrons. The SMILES string of the molecule is O=C(c1ccccc1)C(OO)(N1CCOCC1)N1CCOCC1. The van der Waals surface area contributed by atoms with Crippen LogP contribution >= 0.6 is 0 Å². The molecule has 2 heterocycles. The lowest BCUT2D eigenvalue weighted by Gasteiger charge is -2.48. The number of nitrogens with zero attached hydrogens (tertiary/aromatic N) is 2. The Balaban J connectivity index is 1.98. The Hall–Kier alpha value is -1.35. The summed E-state index contributed by atoms with van der Waals surface area (Å²) in [5.41, 5.74) is 0.500. The number of carbonyl (C=O) groups excluding carboxylic acids is 1. The van der Waals surface area contributed by atoms with Crippen LogP contribution in [0.3, 0.4) is 0 Å². The standard InChI is InChI=1S/C16H22N2O5/c19-15(14-4-2-1-3-5-14)16(23-20,17-6-10-21-11-7-17)18-8-12-22-13-9-18/h1-5,20H,6-13H2. The molecule has 0 saturated carbocycles. The number of ether oxygens (including phenoxy) is 2. The zero-order valence-corrected chi connectivity index (χ0v) is 13.0. The number of ketones is 1. The van der Waals surface area contributed by atoms with E-state index in [2.05, 4.69) is 0 Å². The summed E-state index contributed by atoms with van der Waals surface area (Å²) in [5.74, 6) is -1.81. The van der Waals surface area contributed by atoms with Gasteiger partial charge in [0.25, 0.3) is 5.85 Å². The van der Waals surface area contributed by atoms with Crippen molar-refractivity contribution < 1.29 is 24.4 Å². The summed E-state index contributed by atoms with van der Waals surface area (Å²) in [6, 6.07) is 8.91. The van der Waals surface area contributed by atoms with Crippen molar-refractivity contribution in [1.82, 2.24) is 9.80 Å². The molecule has 1 N–H and O–H groups in total.